The molecule has 0 aromatic carbocycles. The molecule has 76 valence electrons. The molecule has 1 aliphatic rings. The minimum Gasteiger partial charge on any atom is -0.391 e. The maximum atomic E-state index is 11.4. The van der Waals surface area contributed by atoms with E-state index < -0.39 is 6.10 Å². The first-order valence-corrected chi connectivity index (χ1v) is 5.48. The normalized spacial score (nSPS) is 22.0. The van der Waals surface area contributed by atoms with Crippen LogP contribution in [0.15, 0.2) is 12.1 Å². The largest absolute Gasteiger partial charge is 0.391 e. The van der Waals surface area contributed by atoms with Crippen LogP contribution in [0.1, 0.15) is 16.2 Å². The molecule has 1 N–H and O–H groups in total. The highest BCUT2D eigenvalue weighted by molar-refractivity contribution is 7.11. The summed E-state index contributed by atoms with van der Waals surface area (Å²) in [5, 5.41) is 9.29. The first kappa shape index (κ1) is 9.68. The molecule has 3 nitrogen and oxygen atoms in total. The Morgan fingerprint density at radius 2 is 2.43 bits per heavy atom. The summed E-state index contributed by atoms with van der Waals surface area (Å²) in [7, 11) is 0. The molecule has 2 rings (SSSR count). The Morgan fingerprint density at radius 1 is 1.64 bits per heavy atom. The van der Waals surface area contributed by atoms with Gasteiger partial charge in [0, 0.05) is 16.3 Å². The van der Waals surface area contributed by atoms with Crippen molar-refractivity contribution in [3.05, 3.63) is 21.9 Å². The van der Waals surface area contributed by atoms with E-state index in [0.717, 1.165) is 0 Å². The average Bonchev–Trinajstić information content (AvgIpc) is 2.61. The Morgan fingerprint density at radius 3 is 2.93 bits per heavy atom. The van der Waals surface area contributed by atoms with Crippen molar-refractivity contribution in [1.29, 1.82) is 0 Å². The van der Waals surface area contributed by atoms with E-state index in [1.54, 1.807) is 16.2 Å². The van der Waals surface area contributed by atoms with Gasteiger partial charge in [-0.1, -0.05) is 0 Å². The van der Waals surface area contributed by atoms with Crippen molar-refractivity contribution in [2.75, 3.05) is 6.54 Å². The minimum atomic E-state index is -0.469. The topological polar surface area (TPSA) is 40.5 Å². The van der Waals surface area contributed by atoms with Gasteiger partial charge < -0.3 is 10.0 Å². The van der Waals surface area contributed by atoms with Gasteiger partial charge in [0.05, 0.1) is 19.1 Å². The number of thiophene rings is 1. The Labute approximate surface area is 87.0 Å². The van der Waals surface area contributed by atoms with Crippen LogP contribution < -0.4 is 0 Å². The number of aryl methyl sites for hydroxylation is 1. The van der Waals surface area contributed by atoms with Crippen LogP contribution in [-0.2, 0) is 11.3 Å². The van der Waals surface area contributed by atoms with Crippen molar-refractivity contribution >= 4 is 17.2 Å². The second-order valence-electron chi connectivity index (χ2n) is 3.64. The molecule has 4 heteroatoms. The molecule has 2 heterocycles. The zero-order valence-electron chi connectivity index (χ0n) is 8.06. The second-order valence-corrected chi connectivity index (χ2v) is 5.02. The number of hydrogen-bond acceptors (Lipinski definition) is 3. The van der Waals surface area contributed by atoms with Crippen LogP contribution in [0.5, 0.6) is 0 Å². The first-order valence-electron chi connectivity index (χ1n) is 4.66. The number of rotatable bonds is 2. The molecule has 1 aromatic heterocycles. The molecule has 0 spiro atoms. The lowest BCUT2D eigenvalue weighted by molar-refractivity contribution is -0.128. The van der Waals surface area contributed by atoms with E-state index in [9.17, 15) is 9.90 Å². The molecule has 0 aliphatic carbocycles. The summed E-state index contributed by atoms with van der Waals surface area (Å²) in [6.45, 7) is 3.18. The van der Waals surface area contributed by atoms with Gasteiger partial charge in [0.25, 0.3) is 0 Å². The number of carbonyl (C=O) groups excluding carboxylic acids is 1. The number of likely N-dealkylation sites (tertiary alicyclic amines) is 1. The lowest BCUT2D eigenvalue weighted by atomic mass is 10.3. The van der Waals surface area contributed by atoms with E-state index in [0.29, 0.717) is 13.1 Å². The van der Waals surface area contributed by atoms with Crippen LogP contribution in [0, 0.1) is 6.92 Å². The van der Waals surface area contributed by atoms with Crippen LogP contribution >= 0.6 is 11.3 Å². The fraction of sp³-hybridized carbons (Fsp3) is 0.500. The van der Waals surface area contributed by atoms with E-state index in [2.05, 4.69) is 13.0 Å². The Kier molecular flexibility index (Phi) is 2.56. The zero-order valence-corrected chi connectivity index (χ0v) is 8.88. The molecule has 1 fully saturated rings. The number of carbonyl (C=O) groups is 1. The van der Waals surface area contributed by atoms with E-state index in [1.807, 2.05) is 6.07 Å². The predicted octanol–water partition coefficient (Wildman–Crippen LogP) is 1.15. The third-order valence-electron chi connectivity index (χ3n) is 2.34. The van der Waals surface area contributed by atoms with E-state index >= 15 is 0 Å². The summed E-state index contributed by atoms with van der Waals surface area (Å²) >= 11 is 1.70. The molecule has 1 aliphatic heterocycles. The molecule has 1 atom stereocenters. The maximum Gasteiger partial charge on any atom is 0.225 e. The van der Waals surface area contributed by atoms with Crippen molar-refractivity contribution in [2.45, 2.75) is 26.0 Å². The van der Waals surface area contributed by atoms with Gasteiger partial charge in [-0.05, 0) is 19.1 Å². The monoisotopic (exact) mass is 211 g/mol. The zero-order chi connectivity index (χ0) is 10.1. The highest BCUT2D eigenvalue weighted by atomic mass is 32.1. The molecule has 0 saturated carbocycles. The van der Waals surface area contributed by atoms with Gasteiger partial charge >= 0.3 is 0 Å². The van der Waals surface area contributed by atoms with Gasteiger partial charge in [-0.2, -0.15) is 0 Å². The van der Waals surface area contributed by atoms with Gasteiger partial charge in [-0.3, -0.25) is 4.79 Å². The number of nitrogens with zero attached hydrogens (tertiary/aromatic N) is 1. The molecular weight excluding hydrogens is 198 g/mol. The van der Waals surface area contributed by atoms with Gasteiger partial charge in [-0.15, -0.1) is 11.3 Å². The summed E-state index contributed by atoms with van der Waals surface area (Å²) in [6.07, 6.45) is -0.187. The van der Waals surface area contributed by atoms with Crippen LogP contribution in [0.25, 0.3) is 0 Å². The highest BCUT2D eigenvalue weighted by Gasteiger charge is 2.27. The molecule has 1 unspecified atom stereocenters. The van der Waals surface area contributed by atoms with Crippen LogP contribution in [0.2, 0.25) is 0 Å². The van der Waals surface area contributed by atoms with Gasteiger partial charge in [-0.25, -0.2) is 0 Å². The predicted molar refractivity (Wildman–Crippen MR) is 55.1 cm³/mol. The SMILES string of the molecule is Cc1ccc(CN2CC(O)CC2=O)s1. The number of amides is 1. The van der Waals surface area contributed by atoms with Crippen LogP contribution in [0.4, 0.5) is 0 Å². The van der Waals surface area contributed by atoms with E-state index in [1.165, 1.54) is 9.75 Å². The number of aliphatic hydroxyl groups excluding tert-OH is 1. The standard InChI is InChI=1S/C10H13NO2S/c1-7-2-3-9(14-7)6-11-5-8(12)4-10(11)13/h2-3,8,12H,4-6H2,1H3. The third kappa shape index (κ3) is 1.96. The van der Waals surface area contributed by atoms with Crippen molar-refractivity contribution in [1.82, 2.24) is 4.90 Å². The number of hydrogen-bond donors (Lipinski definition) is 1. The fourth-order valence-corrected chi connectivity index (χ4v) is 2.57. The quantitative estimate of drug-likeness (QED) is 0.797. The summed E-state index contributed by atoms with van der Waals surface area (Å²) in [5.74, 6) is 0.0588. The lowest BCUT2D eigenvalue weighted by Crippen LogP contribution is -2.24. The van der Waals surface area contributed by atoms with Crippen molar-refractivity contribution in [2.24, 2.45) is 0 Å². The molecular formula is C10H13NO2S. The Bertz CT molecular complexity index is 348. The molecule has 1 amide bonds. The maximum absolute atomic E-state index is 11.4. The Balaban J connectivity index is 2.01. The second kappa shape index (κ2) is 3.71. The average molecular weight is 211 g/mol. The highest BCUT2D eigenvalue weighted by Crippen LogP contribution is 2.20. The molecule has 0 bridgehead atoms. The lowest BCUT2D eigenvalue weighted by Gasteiger charge is -2.13. The fourth-order valence-electron chi connectivity index (χ4n) is 1.66. The van der Waals surface area contributed by atoms with Crippen molar-refractivity contribution in [3.63, 3.8) is 0 Å². The summed E-state index contributed by atoms with van der Waals surface area (Å²) < 4.78 is 0. The molecule has 1 saturated heterocycles. The van der Waals surface area contributed by atoms with Crippen molar-refractivity contribution < 1.29 is 9.90 Å². The van der Waals surface area contributed by atoms with Crippen LogP contribution in [-0.4, -0.2) is 28.6 Å². The van der Waals surface area contributed by atoms with E-state index in [4.69, 9.17) is 0 Å². The van der Waals surface area contributed by atoms with Gasteiger partial charge in [0.1, 0.15) is 0 Å². The number of aliphatic hydroxyl groups is 1. The third-order valence-corrected chi connectivity index (χ3v) is 3.32. The van der Waals surface area contributed by atoms with Crippen molar-refractivity contribution in [3.8, 4) is 0 Å². The molecule has 0 radical (unpaired) electrons. The van der Waals surface area contributed by atoms with Gasteiger partial charge in [0.2, 0.25) is 5.91 Å². The van der Waals surface area contributed by atoms with Crippen LogP contribution in [0.3, 0.4) is 0 Å². The van der Waals surface area contributed by atoms with E-state index in [-0.39, 0.29) is 12.3 Å². The smallest absolute Gasteiger partial charge is 0.225 e. The van der Waals surface area contributed by atoms with Gasteiger partial charge in [0.15, 0.2) is 0 Å². The summed E-state index contributed by atoms with van der Waals surface area (Å²) in [5.41, 5.74) is 0. The summed E-state index contributed by atoms with van der Waals surface area (Å²) in [4.78, 5) is 15.5. The first-order chi connectivity index (χ1) is 6.65. The number of β-amino-alcohol motifs (C(OH)–C–C–N with tert-alkyl or cyclic N) is 1. The molecule has 1 aromatic rings. The minimum absolute atomic E-state index is 0.0588. The molecule has 14 heavy (non-hydrogen) atoms. The summed E-state index contributed by atoms with van der Waals surface area (Å²) in [6, 6.07) is 4.09. The Hall–Kier alpha value is -0.870.